The van der Waals surface area contributed by atoms with E-state index in [1.54, 1.807) is 24.3 Å². The molecule has 8 heteroatoms. The number of carbonyl (C=O) groups is 2. The van der Waals surface area contributed by atoms with E-state index in [0.717, 1.165) is 6.42 Å². The Morgan fingerprint density at radius 2 is 1.76 bits per heavy atom. The number of hydrogen-bond acceptors (Lipinski definition) is 6. The fourth-order valence-electron chi connectivity index (χ4n) is 2.69. The molecule has 0 aliphatic heterocycles. The highest BCUT2D eigenvalue weighted by Gasteiger charge is 2.19. The first-order valence-electron chi connectivity index (χ1n) is 9.43. The number of amides is 1. The van der Waals surface area contributed by atoms with Crippen LogP contribution in [0, 0.1) is 0 Å². The number of tetrazole rings is 1. The molecule has 0 saturated heterocycles. The van der Waals surface area contributed by atoms with Crippen LogP contribution >= 0.6 is 0 Å². The molecule has 0 spiro atoms. The van der Waals surface area contributed by atoms with Crippen molar-refractivity contribution in [2.45, 2.75) is 39.2 Å². The molecule has 29 heavy (non-hydrogen) atoms. The Morgan fingerprint density at radius 1 is 1.07 bits per heavy atom. The van der Waals surface area contributed by atoms with Crippen LogP contribution in [0.1, 0.15) is 49.0 Å². The van der Waals surface area contributed by atoms with Crippen molar-refractivity contribution < 1.29 is 14.3 Å². The van der Waals surface area contributed by atoms with Crippen LogP contribution in [0.3, 0.4) is 0 Å². The third-order valence-electron chi connectivity index (χ3n) is 4.73. The van der Waals surface area contributed by atoms with Gasteiger partial charge in [-0.1, -0.05) is 26.0 Å². The van der Waals surface area contributed by atoms with Gasteiger partial charge in [0.25, 0.3) is 5.91 Å². The van der Waals surface area contributed by atoms with E-state index in [-0.39, 0.29) is 5.91 Å². The molecule has 1 N–H and O–H groups in total. The van der Waals surface area contributed by atoms with Gasteiger partial charge in [0, 0.05) is 5.69 Å². The summed E-state index contributed by atoms with van der Waals surface area (Å²) < 4.78 is 6.75. The molecule has 0 unspecified atom stereocenters. The molecule has 0 aliphatic rings. The zero-order valence-electron chi connectivity index (χ0n) is 16.6. The maximum absolute atomic E-state index is 12.3. The number of nitrogens with zero attached hydrogens (tertiary/aromatic N) is 4. The first kappa shape index (κ1) is 20.2. The molecule has 8 nitrogen and oxygen atoms in total. The van der Waals surface area contributed by atoms with Crippen LogP contribution < -0.4 is 5.32 Å². The van der Waals surface area contributed by atoms with Gasteiger partial charge in [0.05, 0.1) is 11.3 Å². The second kappa shape index (κ2) is 9.09. The van der Waals surface area contributed by atoms with E-state index in [1.807, 2.05) is 24.3 Å². The number of anilines is 1. The maximum Gasteiger partial charge on any atom is 0.338 e. The highest BCUT2D eigenvalue weighted by molar-refractivity contribution is 5.97. The molecule has 2 aromatic carbocycles. The zero-order valence-corrected chi connectivity index (χ0v) is 16.6. The van der Waals surface area contributed by atoms with E-state index in [1.165, 1.54) is 23.5 Å². The molecule has 0 fully saturated rings. The second-order valence-electron chi connectivity index (χ2n) is 6.77. The van der Waals surface area contributed by atoms with Crippen molar-refractivity contribution in [1.29, 1.82) is 0 Å². The molecule has 1 amide bonds. The molecule has 3 aromatic rings. The molecule has 1 aromatic heterocycles. The first-order valence-corrected chi connectivity index (χ1v) is 9.43. The topological polar surface area (TPSA) is 99.0 Å². The molecule has 0 radical (unpaired) electrons. The normalized spacial score (nSPS) is 12.8. The lowest BCUT2D eigenvalue weighted by molar-refractivity contribution is -0.123. The van der Waals surface area contributed by atoms with E-state index in [4.69, 9.17) is 4.74 Å². The minimum atomic E-state index is -0.934. The summed E-state index contributed by atoms with van der Waals surface area (Å²) >= 11 is 0. The van der Waals surface area contributed by atoms with Gasteiger partial charge in [-0.3, -0.25) is 4.79 Å². The molecule has 0 saturated carbocycles. The summed E-state index contributed by atoms with van der Waals surface area (Å²) in [4.78, 5) is 24.7. The SMILES string of the molecule is CC[C@H](C)c1ccc(NC(=O)[C@H](C)OC(=O)c2ccc(-n3cnnn3)cc2)cc1. The number of nitrogens with one attached hydrogen (secondary N) is 1. The monoisotopic (exact) mass is 393 g/mol. The Morgan fingerprint density at radius 3 is 2.34 bits per heavy atom. The van der Waals surface area contributed by atoms with Crippen molar-refractivity contribution in [3.05, 3.63) is 66.0 Å². The highest BCUT2D eigenvalue weighted by Crippen LogP contribution is 2.20. The lowest BCUT2D eigenvalue weighted by atomic mass is 9.99. The minimum absolute atomic E-state index is 0.333. The lowest BCUT2D eigenvalue weighted by Gasteiger charge is -2.15. The van der Waals surface area contributed by atoms with Crippen LogP contribution in [0.25, 0.3) is 5.69 Å². The summed E-state index contributed by atoms with van der Waals surface area (Å²) in [5, 5.41) is 13.7. The van der Waals surface area contributed by atoms with Gasteiger partial charge in [0.2, 0.25) is 0 Å². The molecule has 3 rings (SSSR count). The average molecular weight is 393 g/mol. The van der Waals surface area contributed by atoms with Crippen molar-refractivity contribution in [2.24, 2.45) is 0 Å². The van der Waals surface area contributed by atoms with Gasteiger partial charge in [0.1, 0.15) is 6.33 Å². The van der Waals surface area contributed by atoms with E-state index in [0.29, 0.717) is 22.9 Å². The predicted octanol–water partition coefficient (Wildman–Crippen LogP) is 3.36. The van der Waals surface area contributed by atoms with Crippen LogP contribution in [0.2, 0.25) is 0 Å². The average Bonchev–Trinajstić information content (AvgIpc) is 3.28. The summed E-state index contributed by atoms with van der Waals surface area (Å²) in [5.41, 5.74) is 2.92. The molecular weight excluding hydrogens is 370 g/mol. The summed E-state index contributed by atoms with van der Waals surface area (Å²) in [6.45, 7) is 5.83. The summed E-state index contributed by atoms with van der Waals surface area (Å²) in [6.07, 6.45) is 1.57. The molecule has 2 atom stereocenters. The molecule has 0 bridgehead atoms. The minimum Gasteiger partial charge on any atom is -0.449 e. The Hall–Kier alpha value is -3.55. The number of benzene rings is 2. The zero-order chi connectivity index (χ0) is 20.8. The highest BCUT2D eigenvalue weighted by atomic mass is 16.5. The number of rotatable bonds is 7. The number of aromatic nitrogens is 4. The molecule has 150 valence electrons. The summed E-state index contributed by atoms with van der Waals surface area (Å²) in [5.74, 6) is -0.505. The van der Waals surface area contributed by atoms with Crippen molar-refractivity contribution in [3.63, 3.8) is 0 Å². The van der Waals surface area contributed by atoms with Gasteiger partial charge in [0.15, 0.2) is 6.10 Å². The van der Waals surface area contributed by atoms with Crippen LogP contribution in [0.5, 0.6) is 0 Å². The van der Waals surface area contributed by atoms with Gasteiger partial charge >= 0.3 is 5.97 Å². The predicted molar refractivity (Wildman–Crippen MR) is 108 cm³/mol. The maximum atomic E-state index is 12.3. The van der Waals surface area contributed by atoms with Crippen LogP contribution in [-0.4, -0.2) is 38.2 Å². The Balaban J connectivity index is 1.56. The van der Waals surface area contributed by atoms with Crippen LogP contribution in [0.15, 0.2) is 54.9 Å². The first-order chi connectivity index (χ1) is 14.0. The van der Waals surface area contributed by atoms with E-state index in [2.05, 4.69) is 34.7 Å². The molecule has 0 aliphatic carbocycles. The standard InChI is InChI=1S/C21H23N5O3/c1-4-14(2)16-5-9-18(10-6-16)23-20(27)15(3)29-21(28)17-7-11-19(12-8-17)26-13-22-24-25-26/h5-15H,4H2,1-3H3,(H,23,27)/t14-,15-/m0/s1. The Kier molecular flexibility index (Phi) is 6.33. The van der Waals surface area contributed by atoms with E-state index < -0.39 is 12.1 Å². The number of esters is 1. The lowest BCUT2D eigenvalue weighted by Crippen LogP contribution is -2.30. The largest absolute Gasteiger partial charge is 0.449 e. The van der Waals surface area contributed by atoms with E-state index >= 15 is 0 Å². The van der Waals surface area contributed by atoms with E-state index in [9.17, 15) is 9.59 Å². The molecular formula is C21H23N5O3. The number of carbonyl (C=O) groups excluding carboxylic acids is 2. The summed E-state index contributed by atoms with van der Waals surface area (Å²) in [7, 11) is 0. The molecule has 1 heterocycles. The van der Waals surface area contributed by atoms with Gasteiger partial charge in [-0.2, -0.15) is 0 Å². The van der Waals surface area contributed by atoms with Crippen molar-refractivity contribution in [3.8, 4) is 5.69 Å². The quantitative estimate of drug-likeness (QED) is 0.618. The third kappa shape index (κ3) is 5.04. The number of ether oxygens (including phenoxy) is 1. The Bertz CT molecular complexity index is 953. The van der Waals surface area contributed by atoms with Gasteiger partial charge in [-0.05, 0) is 71.7 Å². The van der Waals surface area contributed by atoms with Crippen LogP contribution in [-0.2, 0) is 9.53 Å². The Labute approximate surface area is 168 Å². The fourth-order valence-corrected chi connectivity index (χ4v) is 2.69. The van der Waals surface area contributed by atoms with Gasteiger partial charge < -0.3 is 10.1 Å². The van der Waals surface area contributed by atoms with Crippen molar-refractivity contribution in [1.82, 2.24) is 20.2 Å². The van der Waals surface area contributed by atoms with Crippen molar-refractivity contribution >= 4 is 17.6 Å². The summed E-state index contributed by atoms with van der Waals surface area (Å²) in [6, 6.07) is 14.3. The smallest absolute Gasteiger partial charge is 0.338 e. The number of hydrogen-bond donors (Lipinski definition) is 1. The third-order valence-corrected chi connectivity index (χ3v) is 4.73. The fraction of sp³-hybridized carbons (Fsp3) is 0.286. The van der Waals surface area contributed by atoms with Gasteiger partial charge in [-0.15, -0.1) is 5.10 Å². The van der Waals surface area contributed by atoms with Gasteiger partial charge in [-0.25, -0.2) is 9.48 Å². The second-order valence-corrected chi connectivity index (χ2v) is 6.77. The van der Waals surface area contributed by atoms with Crippen LogP contribution in [0.4, 0.5) is 5.69 Å². The van der Waals surface area contributed by atoms with Crippen molar-refractivity contribution in [2.75, 3.05) is 5.32 Å².